The first-order chi connectivity index (χ1) is 7.75. The van der Waals surface area contributed by atoms with E-state index in [1.807, 2.05) is 6.08 Å². The lowest BCUT2D eigenvalue weighted by atomic mass is 9.99. The van der Waals surface area contributed by atoms with Gasteiger partial charge in [-0.3, -0.25) is 0 Å². The first-order valence-electron chi connectivity index (χ1n) is 5.58. The SMILES string of the molecule is O[C@H]1CCC=C[C@H]1NCc1ccc(F)cc1. The van der Waals surface area contributed by atoms with E-state index < -0.39 is 0 Å². The molecule has 1 aromatic carbocycles. The second-order valence-corrected chi connectivity index (χ2v) is 4.11. The molecule has 0 saturated carbocycles. The third kappa shape index (κ3) is 2.90. The molecule has 0 aromatic heterocycles. The quantitative estimate of drug-likeness (QED) is 0.765. The molecule has 0 unspecified atom stereocenters. The van der Waals surface area contributed by atoms with Gasteiger partial charge in [0.15, 0.2) is 0 Å². The molecule has 86 valence electrons. The second-order valence-electron chi connectivity index (χ2n) is 4.11. The van der Waals surface area contributed by atoms with Gasteiger partial charge in [-0.25, -0.2) is 4.39 Å². The lowest BCUT2D eigenvalue weighted by molar-refractivity contribution is 0.131. The van der Waals surface area contributed by atoms with Crippen LogP contribution in [0.2, 0.25) is 0 Å². The zero-order valence-corrected chi connectivity index (χ0v) is 9.07. The summed E-state index contributed by atoms with van der Waals surface area (Å²) in [6.07, 6.45) is 5.51. The van der Waals surface area contributed by atoms with E-state index in [0.29, 0.717) is 6.54 Å². The van der Waals surface area contributed by atoms with E-state index in [1.165, 1.54) is 12.1 Å². The van der Waals surface area contributed by atoms with Gasteiger partial charge in [-0.1, -0.05) is 24.3 Å². The van der Waals surface area contributed by atoms with Crippen molar-refractivity contribution in [3.63, 3.8) is 0 Å². The Balaban J connectivity index is 1.89. The second kappa shape index (κ2) is 5.23. The largest absolute Gasteiger partial charge is 0.391 e. The third-order valence-corrected chi connectivity index (χ3v) is 2.84. The van der Waals surface area contributed by atoms with Crippen LogP contribution in [-0.4, -0.2) is 17.3 Å². The van der Waals surface area contributed by atoms with Crippen LogP contribution < -0.4 is 5.32 Å². The van der Waals surface area contributed by atoms with Gasteiger partial charge in [0.1, 0.15) is 5.82 Å². The maximum Gasteiger partial charge on any atom is 0.123 e. The van der Waals surface area contributed by atoms with Gasteiger partial charge in [-0.15, -0.1) is 0 Å². The minimum atomic E-state index is -0.314. The molecule has 2 rings (SSSR count). The van der Waals surface area contributed by atoms with Crippen LogP contribution in [0.5, 0.6) is 0 Å². The molecule has 0 saturated heterocycles. The number of allylic oxidation sites excluding steroid dienone is 1. The van der Waals surface area contributed by atoms with Crippen molar-refractivity contribution in [2.75, 3.05) is 0 Å². The van der Waals surface area contributed by atoms with Crippen LogP contribution in [0.4, 0.5) is 4.39 Å². The number of rotatable bonds is 3. The van der Waals surface area contributed by atoms with Gasteiger partial charge in [-0.05, 0) is 30.5 Å². The van der Waals surface area contributed by atoms with Crippen molar-refractivity contribution in [3.8, 4) is 0 Å². The molecule has 1 aliphatic carbocycles. The molecule has 2 nitrogen and oxygen atoms in total. The van der Waals surface area contributed by atoms with Crippen LogP contribution in [0, 0.1) is 5.82 Å². The molecule has 0 amide bonds. The van der Waals surface area contributed by atoms with Gasteiger partial charge in [0.25, 0.3) is 0 Å². The monoisotopic (exact) mass is 221 g/mol. The Hall–Kier alpha value is -1.19. The maximum absolute atomic E-state index is 12.7. The fourth-order valence-electron chi connectivity index (χ4n) is 1.86. The van der Waals surface area contributed by atoms with E-state index in [4.69, 9.17) is 0 Å². The van der Waals surface area contributed by atoms with Crippen molar-refractivity contribution in [3.05, 3.63) is 47.8 Å². The van der Waals surface area contributed by atoms with Crippen LogP contribution in [0.15, 0.2) is 36.4 Å². The summed E-state index contributed by atoms with van der Waals surface area (Å²) in [4.78, 5) is 0. The predicted molar refractivity (Wildman–Crippen MR) is 61.4 cm³/mol. The molecule has 0 aliphatic heterocycles. The normalized spacial score (nSPS) is 24.6. The lowest BCUT2D eigenvalue weighted by Crippen LogP contribution is -2.39. The van der Waals surface area contributed by atoms with Gasteiger partial charge in [0.2, 0.25) is 0 Å². The molecule has 0 fully saturated rings. The van der Waals surface area contributed by atoms with Crippen LogP contribution >= 0.6 is 0 Å². The minimum Gasteiger partial charge on any atom is -0.391 e. The van der Waals surface area contributed by atoms with Crippen molar-refractivity contribution >= 4 is 0 Å². The molecule has 0 bridgehead atoms. The summed E-state index contributed by atoms with van der Waals surface area (Å²) in [5.41, 5.74) is 1.02. The van der Waals surface area contributed by atoms with E-state index in [-0.39, 0.29) is 18.0 Å². The summed E-state index contributed by atoms with van der Waals surface area (Å²) in [5, 5.41) is 13.0. The number of nitrogens with one attached hydrogen (secondary N) is 1. The Morgan fingerprint density at radius 3 is 2.75 bits per heavy atom. The van der Waals surface area contributed by atoms with E-state index in [0.717, 1.165) is 18.4 Å². The van der Waals surface area contributed by atoms with Crippen molar-refractivity contribution in [1.82, 2.24) is 5.32 Å². The van der Waals surface area contributed by atoms with Gasteiger partial charge < -0.3 is 10.4 Å². The highest BCUT2D eigenvalue weighted by molar-refractivity contribution is 5.16. The van der Waals surface area contributed by atoms with Crippen LogP contribution in [0.3, 0.4) is 0 Å². The van der Waals surface area contributed by atoms with Gasteiger partial charge in [-0.2, -0.15) is 0 Å². The van der Waals surface area contributed by atoms with Crippen molar-refractivity contribution in [1.29, 1.82) is 0 Å². The number of benzene rings is 1. The fourth-order valence-corrected chi connectivity index (χ4v) is 1.86. The highest BCUT2D eigenvalue weighted by Gasteiger charge is 2.17. The first-order valence-corrected chi connectivity index (χ1v) is 5.58. The summed E-state index contributed by atoms with van der Waals surface area (Å²) in [6, 6.07) is 6.41. The molecule has 2 N–H and O–H groups in total. The van der Waals surface area contributed by atoms with E-state index in [2.05, 4.69) is 11.4 Å². The van der Waals surface area contributed by atoms with Crippen LogP contribution in [0.1, 0.15) is 18.4 Å². The maximum atomic E-state index is 12.7. The van der Waals surface area contributed by atoms with E-state index in [9.17, 15) is 9.50 Å². The Morgan fingerprint density at radius 2 is 2.06 bits per heavy atom. The van der Waals surface area contributed by atoms with E-state index in [1.54, 1.807) is 12.1 Å². The number of aliphatic hydroxyl groups excluding tert-OH is 1. The summed E-state index contributed by atoms with van der Waals surface area (Å²) in [5.74, 6) is -0.221. The van der Waals surface area contributed by atoms with Crippen molar-refractivity contribution < 1.29 is 9.50 Å². The number of hydrogen-bond donors (Lipinski definition) is 2. The fraction of sp³-hybridized carbons (Fsp3) is 0.385. The van der Waals surface area contributed by atoms with Crippen LogP contribution in [-0.2, 0) is 6.54 Å². The first kappa shape index (κ1) is 11.3. The topological polar surface area (TPSA) is 32.3 Å². The van der Waals surface area contributed by atoms with Gasteiger partial charge in [0.05, 0.1) is 12.1 Å². The smallest absolute Gasteiger partial charge is 0.123 e. The zero-order valence-electron chi connectivity index (χ0n) is 9.07. The minimum absolute atomic E-state index is 0.0128. The number of hydrogen-bond acceptors (Lipinski definition) is 2. The zero-order chi connectivity index (χ0) is 11.4. The Bertz CT molecular complexity index is 361. The average molecular weight is 221 g/mol. The molecule has 1 aliphatic rings. The molecule has 0 heterocycles. The number of halogens is 1. The van der Waals surface area contributed by atoms with E-state index >= 15 is 0 Å². The predicted octanol–water partition coefficient (Wildman–Crippen LogP) is 1.99. The molecule has 0 spiro atoms. The molecule has 1 aromatic rings. The molecule has 2 atom stereocenters. The third-order valence-electron chi connectivity index (χ3n) is 2.84. The standard InChI is InChI=1S/C13H16FNO/c14-11-7-5-10(6-8-11)9-15-12-3-1-2-4-13(12)16/h1,3,5-8,12-13,15-16H,2,4,9H2/t12-,13+/m1/s1. The lowest BCUT2D eigenvalue weighted by Gasteiger charge is -2.24. The molecule has 16 heavy (non-hydrogen) atoms. The summed E-state index contributed by atoms with van der Waals surface area (Å²) in [6.45, 7) is 0.645. The molecule has 3 heteroatoms. The summed E-state index contributed by atoms with van der Waals surface area (Å²) in [7, 11) is 0. The van der Waals surface area contributed by atoms with Gasteiger partial charge in [0, 0.05) is 6.54 Å². The van der Waals surface area contributed by atoms with Crippen molar-refractivity contribution in [2.24, 2.45) is 0 Å². The average Bonchev–Trinajstić information content (AvgIpc) is 2.30. The summed E-state index contributed by atoms with van der Waals surface area (Å²) >= 11 is 0. The Kier molecular flexibility index (Phi) is 3.70. The molecule has 0 radical (unpaired) electrons. The Morgan fingerprint density at radius 1 is 1.31 bits per heavy atom. The van der Waals surface area contributed by atoms with Crippen molar-refractivity contribution in [2.45, 2.75) is 31.5 Å². The highest BCUT2D eigenvalue weighted by Crippen LogP contribution is 2.12. The highest BCUT2D eigenvalue weighted by atomic mass is 19.1. The van der Waals surface area contributed by atoms with Gasteiger partial charge >= 0.3 is 0 Å². The summed E-state index contributed by atoms with van der Waals surface area (Å²) < 4.78 is 12.7. The Labute approximate surface area is 94.8 Å². The number of aliphatic hydroxyl groups is 1. The molecular weight excluding hydrogens is 205 g/mol. The molecular formula is C13H16FNO. The van der Waals surface area contributed by atoms with Crippen LogP contribution in [0.25, 0.3) is 0 Å².